The third kappa shape index (κ3) is 2.17. The SMILES string of the molecule is CC.CC.CC1(C)CC2CC1C1CCCC21. The molecular weight excluding hydrogens is 192 g/mol. The molecule has 4 unspecified atom stereocenters. The van der Waals surface area contributed by atoms with Crippen LogP contribution >= 0.6 is 0 Å². The molecule has 3 saturated carbocycles. The van der Waals surface area contributed by atoms with Gasteiger partial charge in [0, 0.05) is 0 Å². The fourth-order valence-electron chi connectivity index (χ4n) is 4.74. The summed E-state index contributed by atoms with van der Waals surface area (Å²) in [7, 11) is 0. The van der Waals surface area contributed by atoms with Gasteiger partial charge in [-0.25, -0.2) is 0 Å². The van der Waals surface area contributed by atoms with Gasteiger partial charge in [-0.05, 0) is 54.8 Å². The second kappa shape index (κ2) is 5.56. The van der Waals surface area contributed by atoms with E-state index < -0.39 is 0 Å². The van der Waals surface area contributed by atoms with E-state index in [-0.39, 0.29) is 0 Å². The van der Waals surface area contributed by atoms with Gasteiger partial charge in [0.2, 0.25) is 0 Å². The second-order valence-corrected chi connectivity index (χ2v) is 6.05. The molecule has 0 aromatic rings. The molecule has 3 rings (SSSR count). The molecule has 3 aliphatic rings. The van der Waals surface area contributed by atoms with Crippen molar-refractivity contribution in [2.24, 2.45) is 29.1 Å². The van der Waals surface area contributed by atoms with Crippen LogP contribution in [0.15, 0.2) is 0 Å². The molecule has 0 heterocycles. The lowest BCUT2D eigenvalue weighted by molar-refractivity contribution is 0.118. The molecule has 3 aliphatic carbocycles. The smallest absolute Gasteiger partial charge is 0.0320 e. The fourth-order valence-corrected chi connectivity index (χ4v) is 4.74. The summed E-state index contributed by atoms with van der Waals surface area (Å²) in [5, 5.41) is 0. The Bertz CT molecular complexity index is 204. The standard InChI is InChI=1S/C12H20.2C2H6/c1-12(2)7-8-6-11(12)10-5-3-4-9(8)10;2*1-2/h8-11H,3-7H2,1-2H3;2*1-2H3. The predicted molar refractivity (Wildman–Crippen MR) is 73.5 cm³/mol. The molecule has 2 bridgehead atoms. The van der Waals surface area contributed by atoms with Gasteiger partial charge in [-0.2, -0.15) is 0 Å². The quantitative estimate of drug-likeness (QED) is 0.508. The first kappa shape index (κ1) is 14.1. The molecule has 0 spiro atoms. The van der Waals surface area contributed by atoms with Crippen LogP contribution in [-0.2, 0) is 0 Å². The van der Waals surface area contributed by atoms with Crippen molar-refractivity contribution in [3.05, 3.63) is 0 Å². The van der Waals surface area contributed by atoms with Gasteiger partial charge in [0.25, 0.3) is 0 Å². The molecule has 0 aromatic carbocycles. The fraction of sp³-hybridized carbons (Fsp3) is 1.00. The van der Waals surface area contributed by atoms with Crippen LogP contribution in [0.5, 0.6) is 0 Å². The van der Waals surface area contributed by atoms with Gasteiger partial charge in [-0.15, -0.1) is 0 Å². The molecule has 0 heteroatoms. The maximum absolute atomic E-state index is 2.51. The Kier molecular flexibility index (Phi) is 4.88. The number of hydrogen-bond donors (Lipinski definition) is 0. The van der Waals surface area contributed by atoms with Gasteiger partial charge in [-0.3, -0.25) is 0 Å². The minimum atomic E-state index is 0.705. The Balaban J connectivity index is 0.000000291. The topological polar surface area (TPSA) is 0 Å². The predicted octanol–water partition coefficient (Wildman–Crippen LogP) is 5.52. The molecule has 16 heavy (non-hydrogen) atoms. The van der Waals surface area contributed by atoms with Gasteiger partial charge >= 0.3 is 0 Å². The van der Waals surface area contributed by atoms with Crippen molar-refractivity contribution in [3.63, 3.8) is 0 Å². The van der Waals surface area contributed by atoms with Crippen LogP contribution in [0.1, 0.15) is 73.6 Å². The highest BCUT2D eigenvalue weighted by Gasteiger charge is 2.56. The zero-order chi connectivity index (χ0) is 12.3. The van der Waals surface area contributed by atoms with Crippen molar-refractivity contribution in [3.8, 4) is 0 Å². The summed E-state index contributed by atoms with van der Waals surface area (Å²) < 4.78 is 0. The highest BCUT2D eigenvalue weighted by Crippen LogP contribution is 2.65. The molecule has 0 amide bonds. The Morgan fingerprint density at radius 2 is 1.44 bits per heavy atom. The van der Waals surface area contributed by atoms with Crippen molar-refractivity contribution in [2.75, 3.05) is 0 Å². The zero-order valence-corrected chi connectivity index (χ0v) is 12.3. The van der Waals surface area contributed by atoms with E-state index in [0.29, 0.717) is 5.41 Å². The van der Waals surface area contributed by atoms with Crippen LogP contribution in [0.25, 0.3) is 0 Å². The van der Waals surface area contributed by atoms with Crippen molar-refractivity contribution < 1.29 is 0 Å². The van der Waals surface area contributed by atoms with E-state index in [1.807, 2.05) is 27.7 Å². The first-order chi connectivity index (χ1) is 7.68. The van der Waals surface area contributed by atoms with Crippen LogP contribution in [0.4, 0.5) is 0 Å². The Labute approximate surface area is 103 Å². The highest BCUT2D eigenvalue weighted by atomic mass is 14.6. The molecule has 0 nitrogen and oxygen atoms in total. The van der Waals surface area contributed by atoms with E-state index in [1.54, 1.807) is 32.1 Å². The Hall–Kier alpha value is 0. The summed E-state index contributed by atoms with van der Waals surface area (Å²) in [5.74, 6) is 4.56. The van der Waals surface area contributed by atoms with Crippen molar-refractivity contribution >= 4 is 0 Å². The first-order valence-corrected chi connectivity index (χ1v) is 7.68. The molecule has 0 N–H and O–H groups in total. The summed E-state index contributed by atoms with van der Waals surface area (Å²) >= 11 is 0. The summed E-state index contributed by atoms with van der Waals surface area (Å²) in [5.41, 5.74) is 0.705. The average molecular weight is 224 g/mol. The lowest BCUT2D eigenvalue weighted by atomic mass is 9.68. The largest absolute Gasteiger partial charge is 0.0683 e. The number of rotatable bonds is 0. The summed E-state index contributed by atoms with van der Waals surface area (Å²) in [4.78, 5) is 0. The van der Waals surface area contributed by atoms with Gasteiger partial charge in [-0.1, -0.05) is 48.0 Å². The van der Waals surface area contributed by atoms with Crippen LogP contribution in [0.2, 0.25) is 0 Å². The molecular formula is C16H32. The van der Waals surface area contributed by atoms with E-state index in [0.717, 1.165) is 17.8 Å². The minimum absolute atomic E-state index is 0.705. The summed E-state index contributed by atoms with van der Waals surface area (Å²) in [6.07, 6.45) is 7.80. The lowest BCUT2D eigenvalue weighted by Gasteiger charge is -2.37. The van der Waals surface area contributed by atoms with Gasteiger partial charge in [0.15, 0.2) is 0 Å². The maximum atomic E-state index is 2.51. The molecule has 96 valence electrons. The minimum Gasteiger partial charge on any atom is -0.0683 e. The van der Waals surface area contributed by atoms with Crippen LogP contribution in [0.3, 0.4) is 0 Å². The number of hydrogen-bond acceptors (Lipinski definition) is 0. The van der Waals surface area contributed by atoms with E-state index in [2.05, 4.69) is 13.8 Å². The number of fused-ring (bicyclic) bond motifs is 5. The van der Waals surface area contributed by atoms with E-state index in [9.17, 15) is 0 Å². The zero-order valence-electron chi connectivity index (χ0n) is 12.3. The van der Waals surface area contributed by atoms with Gasteiger partial charge in [0.05, 0.1) is 0 Å². The van der Waals surface area contributed by atoms with E-state index >= 15 is 0 Å². The van der Waals surface area contributed by atoms with Crippen molar-refractivity contribution in [2.45, 2.75) is 73.6 Å². The second-order valence-electron chi connectivity index (χ2n) is 6.05. The Morgan fingerprint density at radius 1 is 0.875 bits per heavy atom. The van der Waals surface area contributed by atoms with Crippen LogP contribution in [0, 0.1) is 29.1 Å². The Morgan fingerprint density at radius 3 is 2.06 bits per heavy atom. The molecule has 0 aliphatic heterocycles. The maximum Gasteiger partial charge on any atom is -0.0320 e. The first-order valence-electron chi connectivity index (χ1n) is 7.68. The third-order valence-electron chi connectivity index (χ3n) is 5.10. The molecule has 4 atom stereocenters. The molecule has 0 saturated heterocycles. The van der Waals surface area contributed by atoms with Gasteiger partial charge < -0.3 is 0 Å². The van der Waals surface area contributed by atoms with Crippen molar-refractivity contribution in [1.82, 2.24) is 0 Å². The monoisotopic (exact) mass is 224 g/mol. The normalized spacial score (nSPS) is 41.6. The van der Waals surface area contributed by atoms with E-state index in [4.69, 9.17) is 0 Å². The molecule has 0 radical (unpaired) electrons. The average Bonchev–Trinajstić information content (AvgIpc) is 2.93. The molecule has 0 aromatic heterocycles. The molecule has 3 fully saturated rings. The van der Waals surface area contributed by atoms with Gasteiger partial charge in [0.1, 0.15) is 0 Å². The van der Waals surface area contributed by atoms with Crippen molar-refractivity contribution in [1.29, 1.82) is 0 Å². The lowest BCUT2D eigenvalue weighted by Crippen LogP contribution is -2.30. The van der Waals surface area contributed by atoms with E-state index in [1.165, 1.54) is 5.92 Å². The third-order valence-corrected chi connectivity index (χ3v) is 5.10. The highest BCUT2D eigenvalue weighted by molar-refractivity contribution is 5.06. The summed E-state index contributed by atoms with van der Waals surface area (Å²) in [6.45, 7) is 13.0. The summed E-state index contributed by atoms with van der Waals surface area (Å²) in [6, 6.07) is 0. The van der Waals surface area contributed by atoms with Crippen LogP contribution < -0.4 is 0 Å². The van der Waals surface area contributed by atoms with Crippen LogP contribution in [-0.4, -0.2) is 0 Å².